The molecule has 3 N–H and O–H groups in total. The van der Waals surface area contributed by atoms with E-state index in [4.69, 9.17) is 5.73 Å². The Morgan fingerprint density at radius 3 is 2.62 bits per heavy atom. The van der Waals surface area contributed by atoms with Gasteiger partial charge in [-0.15, -0.1) is 0 Å². The summed E-state index contributed by atoms with van der Waals surface area (Å²) in [7, 11) is -3.25. The molecular weight excluding hydrogens is 290 g/mol. The number of anilines is 1. The van der Waals surface area contributed by atoms with Crippen LogP contribution in [-0.4, -0.2) is 44.6 Å². The van der Waals surface area contributed by atoms with Crippen molar-refractivity contribution < 1.29 is 13.2 Å². The van der Waals surface area contributed by atoms with Crippen molar-refractivity contribution in [2.24, 2.45) is 0 Å². The zero-order chi connectivity index (χ0) is 15.5. The molecule has 1 unspecified atom stereocenters. The average Bonchev–Trinajstić information content (AvgIpc) is 2.45. The lowest BCUT2D eigenvalue weighted by atomic mass is 10.0. The van der Waals surface area contributed by atoms with E-state index in [0.717, 1.165) is 25.5 Å². The third kappa shape index (κ3) is 4.44. The van der Waals surface area contributed by atoms with E-state index >= 15 is 0 Å². The van der Waals surface area contributed by atoms with Crippen LogP contribution in [0.5, 0.6) is 0 Å². The molecule has 0 aromatic heterocycles. The zero-order valence-electron chi connectivity index (χ0n) is 12.1. The Bertz CT molecular complexity index is 598. The standard InChI is InChI=1S/C14H21N3O3S/c1-21(19,20)16-10-13-4-2-3-9-17(13)14(18)11-5-7-12(15)8-6-11/h5-8,13,16H,2-4,9-10,15H2,1H3. The topological polar surface area (TPSA) is 92.5 Å². The fourth-order valence-electron chi connectivity index (χ4n) is 2.52. The maximum absolute atomic E-state index is 12.6. The minimum absolute atomic E-state index is 0.0741. The first-order valence-electron chi connectivity index (χ1n) is 6.98. The van der Waals surface area contributed by atoms with Gasteiger partial charge in [-0.3, -0.25) is 4.79 Å². The number of carbonyl (C=O) groups excluding carboxylic acids is 1. The van der Waals surface area contributed by atoms with Gasteiger partial charge in [-0.2, -0.15) is 0 Å². The van der Waals surface area contributed by atoms with E-state index in [1.165, 1.54) is 0 Å². The van der Waals surface area contributed by atoms with Crippen molar-refractivity contribution in [3.05, 3.63) is 29.8 Å². The molecule has 2 rings (SSSR count). The first kappa shape index (κ1) is 15.8. The summed E-state index contributed by atoms with van der Waals surface area (Å²) < 4.78 is 25.0. The van der Waals surface area contributed by atoms with Crippen molar-refractivity contribution in [1.29, 1.82) is 0 Å². The van der Waals surface area contributed by atoms with Crippen molar-refractivity contribution in [3.63, 3.8) is 0 Å². The molecule has 0 saturated carbocycles. The second kappa shape index (κ2) is 6.44. The smallest absolute Gasteiger partial charge is 0.254 e. The molecule has 116 valence electrons. The Hall–Kier alpha value is -1.60. The number of hydrogen-bond acceptors (Lipinski definition) is 4. The summed E-state index contributed by atoms with van der Waals surface area (Å²) in [5.41, 5.74) is 6.82. The van der Waals surface area contributed by atoms with Crippen LogP contribution < -0.4 is 10.5 Å². The van der Waals surface area contributed by atoms with E-state index in [1.807, 2.05) is 0 Å². The monoisotopic (exact) mass is 311 g/mol. The number of sulfonamides is 1. The van der Waals surface area contributed by atoms with Crippen LogP contribution in [-0.2, 0) is 10.0 Å². The summed E-state index contributed by atoms with van der Waals surface area (Å²) in [6, 6.07) is 6.70. The molecule has 0 bridgehead atoms. The molecule has 0 spiro atoms. The summed E-state index contributed by atoms with van der Waals surface area (Å²) in [6.07, 6.45) is 3.88. The summed E-state index contributed by atoms with van der Waals surface area (Å²) in [6.45, 7) is 0.916. The van der Waals surface area contributed by atoms with Gasteiger partial charge in [0.1, 0.15) is 0 Å². The van der Waals surface area contributed by atoms with E-state index in [9.17, 15) is 13.2 Å². The van der Waals surface area contributed by atoms with Crippen molar-refractivity contribution in [2.75, 3.05) is 25.1 Å². The number of nitrogens with one attached hydrogen (secondary N) is 1. The van der Waals surface area contributed by atoms with E-state index in [-0.39, 0.29) is 18.5 Å². The summed E-state index contributed by atoms with van der Waals surface area (Å²) in [5.74, 6) is -0.0741. The molecule has 1 amide bonds. The molecule has 1 fully saturated rings. The second-order valence-corrected chi connectivity index (χ2v) is 7.22. The van der Waals surface area contributed by atoms with Gasteiger partial charge in [-0.1, -0.05) is 0 Å². The molecule has 7 heteroatoms. The SMILES string of the molecule is CS(=O)(=O)NCC1CCCCN1C(=O)c1ccc(N)cc1. The van der Waals surface area contributed by atoms with Crippen LogP contribution in [0.15, 0.2) is 24.3 Å². The third-order valence-corrected chi connectivity index (χ3v) is 4.32. The minimum Gasteiger partial charge on any atom is -0.399 e. The van der Waals surface area contributed by atoms with Crippen molar-refractivity contribution in [2.45, 2.75) is 25.3 Å². The Balaban J connectivity index is 2.10. The van der Waals surface area contributed by atoms with Crippen molar-refractivity contribution >= 4 is 21.6 Å². The van der Waals surface area contributed by atoms with Gasteiger partial charge in [0.05, 0.1) is 6.26 Å². The lowest BCUT2D eigenvalue weighted by molar-refractivity contribution is 0.0619. The number of piperidine rings is 1. The number of amides is 1. The van der Waals surface area contributed by atoms with Gasteiger partial charge in [0, 0.05) is 30.4 Å². The predicted molar refractivity (Wildman–Crippen MR) is 82.4 cm³/mol. The van der Waals surface area contributed by atoms with Crippen LogP contribution in [0.4, 0.5) is 5.69 Å². The fourth-order valence-corrected chi connectivity index (χ4v) is 3.01. The fraction of sp³-hybridized carbons (Fsp3) is 0.500. The van der Waals surface area contributed by atoms with Crippen LogP contribution in [0.2, 0.25) is 0 Å². The molecule has 1 aromatic carbocycles. The van der Waals surface area contributed by atoms with Gasteiger partial charge in [0.15, 0.2) is 0 Å². The molecule has 1 aliphatic heterocycles. The molecule has 1 aliphatic rings. The summed E-state index contributed by atoms with van der Waals surface area (Å²) in [5, 5.41) is 0. The van der Waals surface area contributed by atoms with Crippen LogP contribution >= 0.6 is 0 Å². The van der Waals surface area contributed by atoms with Crippen molar-refractivity contribution in [1.82, 2.24) is 9.62 Å². The first-order valence-corrected chi connectivity index (χ1v) is 8.87. The van der Waals surface area contributed by atoms with Gasteiger partial charge in [0.25, 0.3) is 5.91 Å². The molecule has 21 heavy (non-hydrogen) atoms. The van der Waals surface area contributed by atoms with Crippen LogP contribution in [0, 0.1) is 0 Å². The average molecular weight is 311 g/mol. The molecule has 6 nitrogen and oxygen atoms in total. The number of hydrogen-bond donors (Lipinski definition) is 2. The Morgan fingerprint density at radius 2 is 2.00 bits per heavy atom. The number of nitrogen functional groups attached to an aromatic ring is 1. The molecule has 1 atom stereocenters. The number of benzene rings is 1. The number of rotatable bonds is 4. The molecule has 0 radical (unpaired) electrons. The summed E-state index contributed by atoms with van der Waals surface area (Å²) >= 11 is 0. The number of carbonyl (C=O) groups is 1. The summed E-state index contributed by atoms with van der Waals surface area (Å²) in [4.78, 5) is 14.3. The Labute approximate surface area is 125 Å². The maximum Gasteiger partial charge on any atom is 0.254 e. The van der Waals surface area contributed by atoms with Gasteiger partial charge < -0.3 is 10.6 Å². The van der Waals surface area contributed by atoms with E-state index in [1.54, 1.807) is 29.2 Å². The number of nitrogens with zero attached hydrogens (tertiary/aromatic N) is 1. The quantitative estimate of drug-likeness (QED) is 0.805. The lowest BCUT2D eigenvalue weighted by Crippen LogP contribution is -2.49. The van der Waals surface area contributed by atoms with Crippen LogP contribution in [0.25, 0.3) is 0 Å². The third-order valence-electron chi connectivity index (χ3n) is 3.63. The molecular formula is C14H21N3O3S. The zero-order valence-corrected chi connectivity index (χ0v) is 12.9. The van der Waals surface area contributed by atoms with E-state index < -0.39 is 10.0 Å². The van der Waals surface area contributed by atoms with Gasteiger partial charge >= 0.3 is 0 Å². The highest BCUT2D eigenvalue weighted by Gasteiger charge is 2.27. The van der Waals surface area contributed by atoms with Gasteiger partial charge in [0.2, 0.25) is 10.0 Å². The largest absolute Gasteiger partial charge is 0.399 e. The van der Waals surface area contributed by atoms with E-state index in [2.05, 4.69) is 4.72 Å². The number of nitrogens with two attached hydrogens (primary N) is 1. The second-order valence-electron chi connectivity index (χ2n) is 5.39. The normalized spacial score (nSPS) is 19.5. The Kier molecular flexibility index (Phi) is 4.84. The van der Waals surface area contributed by atoms with Crippen LogP contribution in [0.3, 0.4) is 0 Å². The molecule has 1 heterocycles. The molecule has 0 aliphatic carbocycles. The molecule has 1 aromatic rings. The minimum atomic E-state index is -3.25. The van der Waals surface area contributed by atoms with Gasteiger partial charge in [-0.25, -0.2) is 13.1 Å². The van der Waals surface area contributed by atoms with Crippen LogP contribution in [0.1, 0.15) is 29.6 Å². The van der Waals surface area contributed by atoms with Crippen molar-refractivity contribution in [3.8, 4) is 0 Å². The van der Waals surface area contributed by atoms with E-state index in [0.29, 0.717) is 17.8 Å². The number of likely N-dealkylation sites (tertiary alicyclic amines) is 1. The lowest BCUT2D eigenvalue weighted by Gasteiger charge is -2.35. The highest BCUT2D eigenvalue weighted by molar-refractivity contribution is 7.88. The predicted octanol–water partition coefficient (Wildman–Crippen LogP) is 0.813. The first-order chi connectivity index (χ1) is 9.87. The maximum atomic E-state index is 12.6. The highest BCUT2D eigenvalue weighted by Crippen LogP contribution is 2.20. The highest BCUT2D eigenvalue weighted by atomic mass is 32.2. The Morgan fingerprint density at radius 1 is 1.33 bits per heavy atom. The van der Waals surface area contributed by atoms with Gasteiger partial charge in [-0.05, 0) is 43.5 Å². The molecule has 1 saturated heterocycles.